The smallest absolute Gasteiger partial charge is 0.264 e. The van der Waals surface area contributed by atoms with E-state index >= 15 is 0 Å². The van der Waals surface area contributed by atoms with E-state index in [1.807, 2.05) is 12.1 Å². The Hall–Kier alpha value is -3.00. The number of nitrogens with zero attached hydrogens (tertiary/aromatic N) is 1. The lowest BCUT2D eigenvalue weighted by atomic mass is 10.3. The number of benzene rings is 2. The van der Waals surface area contributed by atoms with Gasteiger partial charge in [0.15, 0.2) is 23.2 Å². The van der Waals surface area contributed by atoms with Crippen LogP contribution in [0.5, 0.6) is 23.0 Å². The predicted octanol–water partition coefficient (Wildman–Crippen LogP) is 3.34. The number of ether oxygens (including phenoxy) is 4. The van der Waals surface area contributed by atoms with Gasteiger partial charge in [-0.05, 0) is 24.3 Å². The van der Waals surface area contributed by atoms with E-state index in [0.29, 0.717) is 33.6 Å². The molecule has 2 aromatic carbocycles. The third-order valence-corrected chi connectivity index (χ3v) is 4.57. The van der Waals surface area contributed by atoms with Crippen LogP contribution in [0.1, 0.15) is 0 Å². The number of para-hydroxylation sites is 2. The van der Waals surface area contributed by atoms with Crippen LogP contribution in [0.4, 0.5) is 5.13 Å². The Morgan fingerprint density at radius 3 is 2.31 bits per heavy atom. The fourth-order valence-corrected chi connectivity index (χ4v) is 3.37. The number of hydrogen-bond donors (Lipinski definition) is 1. The molecule has 1 aromatic heterocycles. The summed E-state index contributed by atoms with van der Waals surface area (Å²) >= 11 is 1.31. The van der Waals surface area contributed by atoms with E-state index in [2.05, 4.69) is 10.3 Å². The second kappa shape index (κ2) is 7.92. The minimum Gasteiger partial charge on any atom is -0.495 e. The van der Waals surface area contributed by atoms with E-state index in [9.17, 15) is 4.79 Å². The van der Waals surface area contributed by atoms with Crippen LogP contribution < -0.4 is 24.3 Å². The molecule has 0 aliphatic carbocycles. The van der Waals surface area contributed by atoms with Crippen LogP contribution in [0.15, 0.2) is 36.4 Å². The molecule has 0 radical (unpaired) electrons. The minimum atomic E-state index is -0.326. The quantitative estimate of drug-likeness (QED) is 0.683. The van der Waals surface area contributed by atoms with E-state index in [0.717, 1.165) is 4.70 Å². The lowest BCUT2D eigenvalue weighted by molar-refractivity contribution is -0.118. The number of carbonyl (C=O) groups is 1. The highest BCUT2D eigenvalue weighted by Crippen LogP contribution is 2.38. The van der Waals surface area contributed by atoms with E-state index in [1.54, 1.807) is 45.6 Å². The van der Waals surface area contributed by atoms with Crippen LogP contribution in [-0.2, 0) is 4.79 Å². The van der Waals surface area contributed by atoms with Gasteiger partial charge in [-0.15, -0.1) is 0 Å². The second-order valence-corrected chi connectivity index (χ2v) is 6.15. The van der Waals surface area contributed by atoms with Gasteiger partial charge >= 0.3 is 0 Å². The summed E-state index contributed by atoms with van der Waals surface area (Å²) in [4.78, 5) is 16.6. The standard InChI is InChI=1S/C18H18N2O5S/c1-22-11-6-4-5-7-12(11)25-10-15(21)19-18-20-16-13(23-2)8-9-14(24-3)17(16)26-18/h4-9H,10H2,1-3H3,(H,19,20,21). The van der Waals surface area contributed by atoms with Gasteiger partial charge in [-0.3, -0.25) is 10.1 Å². The molecule has 0 saturated heterocycles. The van der Waals surface area contributed by atoms with Crippen LogP contribution in [0, 0.1) is 0 Å². The van der Waals surface area contributed by atoms with Crippen LogP contribution >= 0.6 is 11.3 Å². The normalized spacial score (nSPS) is 10.4. The van der Waals surface area contributed by atoms with Crippen molar-refractivity contribution in [3.8, 4) is 23.0 Å². The number of rotatable bonds is 7. The molecule has 1 heterocycles. The van der Waals surface area contributed by atoms with Gasteiger partial charge < -0.3 is 18.9 Å². The van der Waals surface area contributed by atoms with Gasteiger partial charge in [0.05, 0.1) is 21.3 Å². The molecule has 3 rings (SSSR count). The number of hydrogen-bond acceptors (Lipinski definition) is 7. The first-order chi connectivity index (χ1) is 12.7. The Kier molecular flexibility index (Phi) is 5.43. The van der Waals surface area contributed by atoms with Crippen LogP contribution in [-0.4, -0.2) is 38.8 Å². The molecule has 0 atom stereocenters. The van der Waals surface area contributed by atoms with E-state index in [-0.39, 0.29) is 12.5 Å². The molecule has 0 aliphatic rings. The summed E-state index contributed by atoms with van der Waals surface area (Å²) in [6.45, 7) is -0.162. The number of aromatic nitrogens is 1. The third kappa shape index (κ3) is 3.65. The third-order valence-electron chi connectivity index (χ3n) is 3.58. The Bertz CT molecular complexity index is 884. The van der Waals surface area contributed by atoms with Crippen molar-refractivity contribution in [3.05, 3.63) is 36.4 Å². The lowest BCUT2D eigenvalue weighted by Crippen LogP contribution is -2.20. The topological polar surface area (TPSA) is 78.9 Å². The van der Waals surface area contributed by atoms with Crippen LogP contribution in [0.2, 0.25) is 0 Å². The molecule has 26 heavy (non-hydrogen) atoms. The molecule has 8 heteroatoms. The summed E-state index contributed by atoms with van der Waals surface area (Å²) in [5, 5.41) is 3.17. The lowest BCUT2D eigenvalue weighted by Gasteiger charge is -2.09. The zero-order chi connectivity index (χ0) is 18.5. The molecule has 0 unspecified atom stereocenters. The summed E-state index contributed by atoms with van der Waals surface area (Å²) < 4.78 is 22.2. The molecular weight excluding hydrogens is 356 g/mol. The largest absolute Gasteiger partial charge is 0.495 e. The average Bonchev–Trinajstić information content (AvgIpc) is 3.09. The Morgan fingerprint density at radius 1 is 0.962 bits per heavy atom. The Labute approximate surface area is 154 Å². The van der Waals surface area contributed by atoms with Crippen molar-refractivity contribution in [1.82, 2.24) is 4.98 Å². The van der Waals surface area contributed by atoms with Gasteiger partial charge in [-0.25, -0.2) is 4.98 Å². The predicted molar refractivity (Wildman–Crippen MR) is 99.8 cm³/mol. The first kappa shape index (κ1) is 17.8. The molecule has 136 valence electrons. The van der Waals surface area contributed by atoms with E-state index < -0.39 is 0 Å². The van der Waals surface area contributed by atoms with Gasteiger partial charge in [-0.1, -0.05) is 23.5 Å². The molecule has 0 fully saturated rings. The van der Waals surface area contributed by atoms with Gasteiger partial charge in [0.25, 0.3) is 5.91 Å². The molecule has 0 spiro atoms. The summed E-state index contributed by atoms with van der Waals surface area (Å²) in [5.74, 6) is 2.02. The van der Waals surface area contributed by atoms with Crippen molar-refractivity contribution in [2.75, 3.05) is 33.3 Å². The summed E-state index contributed by atoms with van der Waals surface area (Å²) in [5.41, 5.74) is 0.637. The highest BCUT2D eigenvalue weighted by Gasteiger charge is 2.15. The number of thiazole rings is 1. The van der Waals surface area contributed by atoms with Crippen molar-refractivity contribution in [1.29, 1.82) is 0 Å². The van der Waals surface area contributed by atoms with Crippen molar-refractivity contribution in [2.45, 2.75) is 0 Å². The van der Waals surface area contributed by atoms with Gasteiger partial charge in [-0.2, -0.15) is 0 Å². The average molecular weight is 374 g/mol. The molecule has 7 nitrogen and oxygen atoms in total. The highest BCUT2D eigenvalue weighted by atomic mass is 32.1. The Balaban J connectivity index is 1.73. The minimum absolute atomic E-state index is 0.162. The maximum absolute atomic E-state index is 12.2. The number of fused-ring (bicyclic) bond motifs is 1. The van der Waals surface area contributed by atoms with Crippen molar-refractivity contribution in [3.63, 3.8) is 0 Å². The fraction of sp³-hybridized carbons (Fsp3) is 0.222. The number of nitrogens with one attached hydrogen (secondary N) is 1. The number of amides is 1. The molecule has 1 N–H and O–H groups in total. The maximum atomic E-state index is 12.2. The second-order valence-electron chi connectivity index (χ2n) is 5.15. The van der Waals surface area contributed by atoms with E-state index in [1.165, 1.54) is 11.3 Å². The molecule has 0 aliphatic heterocycles. The molecule has 0 bridgehead atoms. The summed E-state index contributed by atoms with van der Waals surface area (Å²) in [6.07, 6.45) is 0. The highest BCUT2D eigenvalue weighted by molar-refractivity contribution is 7.22. The van der Waals surface area contributed by atoms with Gasteiger partial charge in [0, 0.05) is 0 Å². The molecule has 3 aromatic rings. The van der Waals surface area contributed by atoms with Crippen molar-refractivity contribution < 1.29 is 23.7 Å². The fourth-order valence-electron chi connectivity index (χ4n) is 2.38. The molecule has 0 saturated carbocycles. The summed E-state index contributed by atoms with van der Waals surface area (Å²) in [7, 11) is 4.70. The first-order valence-electron chi connectivity index (χ1n) is 7.73. The van der Waals surface area contributed by atoms with Crippen molar-refractivity contribution in [2.24, 2.45) is 0 Å². The zero-order valence-corrected chi connectivity index (χ0v) is 15.4. The number of carbonyl (C=O) groups excluding carboxylic acids is 1. The first-order valence-corrected chi connectivity index (χ1v) is 8.55. The zero-order valence-electron chi connectivity index (χ0n) is 14.6. The Morgan fingerprint density at radius 2 is 1.62 bits per heavy atom. The van der Waals surface area contributed by atoms with Crippen LogP contribution in [0.3, 0.4) is 0 Å². The van der Waals surface area contributed by atoms with Crippen LogP contribution in [0.25, 0.3) is 10.2 Å². The number of methoxy groups -OCH3 is 3. The molecule has 1 amide bonds. The number of anilines is 1. The maximum Gasteiger partial charge on any atom is 0.264 e. The van der Waals surface area contributed by atoms with E-state index in [4.69, 9.17) is 18.9 Å². The monoisotopic (exact) mass is 374 g/mol. The van der Waals surface area contributed by atoms with Crippen molar-refractivity contribution >= 4 is 32.6 Å². The SMILES string of the molecule is COc1ccccc1OCC(=O)Nc1nc2c(OC)ccc(OC)c2s1. The van der Waals surface area contributed by atoms with Gasteiger partial charge in [0.1, 0.15) is 21.7 Å². The summed E-state index contributed by atoms with van der Waals surface area (Å²) in [6, 6.07) is 10.7. The van der Waals surface area contributed by atoms with Gasteiger partial charge in [0.2, 0.25) is 0 Å². The molecular formula is C18H18N2O5S.